The van der Waals surface area contributed by atoms with Gasteiger partial charge in [0.15, 0.2) is 0 Å². The van der Waals surface area contributed by atoms with Crippen LogP contribution in [0.25, 0.3) is 0 Å². The van der Waals surface area contributed by atoms with Gasteiger partial charge in [-0.3, -0.25) is 4.98 Å². The van der Waals surface area contributed by atoms with Crippen molar-refractivity contribution in [1.29, 1.82) is 0 Å². The topological polar surface area (TPSA) is 24.9 Å². The predicted molar refractivity (Wildman–Crippen MR) is 65.1 cm³/mol. The molecule has 2 heteroatoms. The second-order valence-corrected chi connectivity index (χ2v) is 5.49. The molecule has 0 aromatic carbocycles. The fraction of sp³-hybridized carbons (Fsp3) is 0.643. The van der Waals surface area contributed by atoms with Crippen molar-refractivity contribution in [2.24, 2.45) is 11.3 Å². The fourth-order valence-corrected chi connectivity index (χ4v) is 2.74. The van der Waals surface area contributed by atoms with Crippen molar-refractivity contribution in [3.8, 4) is 0 Å². The molecule has 2 saturated carbocycles. The molecule has 1 aromatic rings. The van der Waals surface area contributed by atoms with E-state index in [1.807, 2.05) is 12.3 Å². The third-order valence-electron chi connectivity index (χ3n) is 4.24. The molecule has 0 unspecified atom stereocenters. The maximum Gasteiger partial charge on any atom is 0.0417 e. The van der Waals surface area contributed by atoms with Gasteiger partial charge in [-0.15, -0.1) is 0 Å². The minimum atomic E-state index is 0.704. The molecular weight excluding hydrogens is 196 g/mol. The molecule has 0 saturated heterocycles. The van der Waals surface area contributed by atoms with E-state index < -0.39 is 0 Å². The third-order valence-corrected chi connectivity index (χ3v) is 4.24. The summed E-state index contributed by atoms with van der Waals surface area (Å²) in [6.45, 7) is 4.28. The van der Waals surface area contributed by atoms with Crippen molar-refractivity contribution in [2.45, 2.75) is 39.2 Å². The number of hydrogen-bond acceptors (Lipinski definition) is 2. The molecule has 2 aliphatic rings. The monoisotopic (exact) mass is 216 g/mol. The zero-order chi connectivity index (χ0) is 11.0. The minimum absolute atomic E-state index is 0.704. The Bertz CT molecular complexity index is 378. The van der Waals surface area contributed by atoms with E-state index in [2.05, 4.69) is 23.3 Å². The maximum absolute atomic E-state index is 4.32. The Morgan fingerprint density at radius 3 is 2.88 bits per heavy atom. The van der Waals surface area contributed by atoms with Crippen LogP contribution < -0.4 is 5.32 Å². The third kappa shape index (κ3) is 1.99. The number of pyridine rings is 1. The highest BCUT2D eigenvalue weighted by Crippen LogP contribution is 2.60. The summed E-state index contributed by atoms with van der Waals surface area (Å²) in [6.07, 6.45) is 7.74. The van der Waals surface area contributed by atoms with E-state index in [9.17, 15) is 0 Å². The van der Waals surface area contributed by atoms with Crippen LogP contribution in [0.5, 0.6) is 0 Å². The Kier molecular flexibility index (Phi) is 2.47. The highest BCUT2D eigenvalue weighted by molar-refractivity contribution is 5.18. The maximum atomic E-state index is 4.32. The summed E-state index contributed by atoms with van der Waals surface area (Å²) in [6, 6.07) is 4.20. The highest BCUT2D eigenvalue weighted by Gasteiger charge is 2.53. The molecule has 0 radical (unpaired) electrons. The van der Waals surface area contributed by atoms with Crippen LogP contribution in [-0.2, 0) is 6.54 Å². The molecule has 0 atom stereocenters. The SMILES string of the molecule is Cc1ncccc1CNCC1(C2CC2)CC1. The summed E-state index contributed by atoms with van der Waals surface area (Å²) >= 11 is 0. The molecule has 0 amide bonds. The van der Waals surface area contributed by atoms with E-state index in [-0.39, 0.29) is 0 Å². The van der Waals surface area contributed by atoms with E-state index in [1.54, 1.807) is 0 Å². The number of aryl methyl sites for hydroxylation is 1. The smallest absolute Gasteiger partial charge is 0.0417 e. The molecule has 0 bridgehead atoms. The lowest BCUT2D eigenvalue weighted by atomic mass is 10.0. The minimum Gasteiger partial charge on any atom is -0.312 e. The van der Waals surface area contributed by atoms with E-state index in [0.29, 0.717) is 5.41 Å². The molecule has 2 aliphatic carbocycles. The second kappa shape index (κ2) is 3.85. The van der Waals surface area contributed by atoms with E-state index in [0.717, 1.165) is 18.2 Å². The van der Waals surface area contributed by atoms with Gasteiger partial charge in [0.25, 0.3) is 0 Å². The normalized spacial score (nSPS) is 22.1. The molecule has 16 heavy (non-hydrogen) atoms. The summed E-state index contributed by atoms with van der Waals surface area (Å²) in [5.41, 5.74) is 3.20. The van der Waals surface area contributed by atoms with Crippen LogP contribution in [0, 0.1) is 18.3 Å². The average Bonchev–Trinajstić information content (AvgIpc) is 3.15. The van der Waals surface area contributed by atoms with Gasteiger partial charge in [-0.05, 0) is 55.6 Å². The van der Waals surface area contributed by atoms with Gasteiger partial charge in [0.2, 0.25) is 0 Å². The molecular formula is C14H20N2. The lowest BCUT2D eigenvalue weighted by Gasteiger charge is -2.15. The first-order chi connectivity index (χ1) is 7.80. The molecule has 0 aliphatic heterocycles. The lowest BCUT2D eigenvalue weighted by molar-refractivity contribution is 0.403. The van der Waals surface area contributed by atoms with E-state index >= 15 is 0 Å². The first-order valence-electron chi connectivity index (χ1n) is 6.41. The standard InChI is InChI=1S/C14H20N2/c1-11-12(3-2-8-16-11)9-15-10-14(6-7-14)13-4-5-13/h2-3,8,13,15H,4-7,9-10H2,1H3. The summed E-state index contributed by atoms with van der Waals surface area (Å²) < 4.78 is 0. The van der Waals surface area contributed by atoms with E-state index in [4.69, 9.17) is 0 Å². The van der Waals surface area contributed by atoms with Crippen LogP contribution >= 0.6 is 0 Å². The number of rotatable bonds is 5. The van der Waals surface area contributed by atoms with Gasteiger partial charge >= 0.3 is 0 Å². The molecule has 1 aromatic heterocycles. The summed E-state index contributed by atoms with van der Waals surface area (Å²) in [5.74, 6) is 1.05. The number of nitrogens with zero attached hydrogens (tertiary/aromatic N) is 1. The van der Waals surface area contributed by atoms with Crippen LogP contribution in [0.3, 0.4) is 0 Å². The predicted octanol–water partition coefficient (Wildman–Crippen LogP) is 2.67. The second-order valence-electron chi connectivity index (χ2n) is 5.49. The van der Waals surface area contributed by atoms with Gasteiger partial charge in [-0.2, -0.15) is 0 Å². The first kappa shape index (κ1) is 10.3. The summed E-state index contributed by atoms with van der Waals surface area (Å²) in [5, 5.41) is 3.63. The first-order valence-corrected chi connectivity index (χ1v) is 6.41. The van der Waals surface area contributed by atoms with Crippen LogP contribution in [-0.4, -0.2) is 11.5 Å². The molecule has 3 rings (SSSR count). The zero-order valence-electron chi connectivity index (χ0n) is 10.00. The molecule has 0 spiro atoms. The van der Waals surface area contributed by atoms with Crippen molar-refractivity contribution in [3.05, 3.63) is 29.6 Å². The van der Waals surface area contributed by atoms with Crippen LogP contribution in [0.1, 0.15) is 36.9 Å². The fourth-order valence-electron chi connectivity index (χ4n) is 2.74. The number of nitrogens with one attached hydrogen (secondary N) is 1. The van der Waals surface area contributed by atoms with Gasteiger partial charge in [0.1, 0.15) is 0 Å². The van der Waals surface area contributed by atoms with Gasteiger partial charge in [-0.25, -0.2) is 0 Å². The van der Waals surface area contributed by atoms with Crippen molar-refractivity contribution in [3.63, 3.8) is 0 Å². The molecule has 2 fully saturated rings. The van der Waals surface area contributed by atoms with Crippen molar-refractivity contribution in [2.75, 3.05) is 6.54 Å². The van der Waals surface area contributed by atoms with Gasteiger partial charge < -0.3 is 5.32 Å². The number of hydrogen-bond donors (Lipinski definition) is 1. The highest BCUT2D eigenvalue weighted by atomic mass is 14.9. The van der Waals surface area contributed by atoms with Crippen molar-refractivity contribution in [1.82, 2.24) is 10.3 Å². The average molecular weight is 216 g/mol. The number of aromatic nitrogens is 1. The molecule has 1 heterocycles. The Hall–Kier alpha value is -0.890. The quantitative estimate of drug-likeness (QED) is 0.818. The molecule has 86 valence electrons. The summed E-state index contributed by atoms with van der Waals surface area (Å²) in [7, 11) is 0. The van der Waals surface area contributed by atoms with Crippen LogP contribution in [0.15, 0.2) is 18.3 Å². The van der Waals surface area contributed by atoms with Crippen molar-refractivity contribution < 1.29 is 0 Å². The van der Waals surface area contributed by atoms with Gasteiger partial charge in [0, 0.05) is 25.0 Å². The Morgan fingerprint density at radius 1 is 1.44 bits per heavy atom. The Morgan fingerprint density at radius 2 is 2.25 bits per heavy atom. The Labute approximate surface area is 97.5 Å². The van der Waals surface area contributed by atoms with Crippen molar-refractivity contribution >= 4 is 0 Å². The Balaban J connectivity index is 1.52. The van der Waals surface area contributed by atoms with Gasteiger partial charge in [0.05, 0.1) is 0 Å². The zero-order valence-corrected chi connectivity index (χ0v) is 10.00. The molecule has 1 N–H and O–H groups in total. The van der Waals surface area contributed by atoms with E-state index in [1.165, 1.54) is 37.8 Å². The molecule has 2 nitrogen and oxygen atoms in total. The largest absolute Gasteiger partial charge is 0.312 e. The van der Waals surface area contributed by atoms with Gasteiger partial charge in [-0.1, -0.05) is 6.07 Å². The lowest BCUT2D eigenvalue weighted by Crippen LogP contribution is -2.25. The van der Waals surface area contributed by atoms with Crippen LogP contribution in [0.4, 0.5) is 0 Å². The summed E-state index contributed by atoms with van der Waals surface area (Å²) in [4.78, 5) is 4.32. The van der Waals surface area contributed by atoms with Crippen LogP contribution in [0.2, 0.25) is 0 Å².